The van der Waals surface area contributed by atoms with E-state index in [9.17, 15) is 4.79 Å². The number of nitriles is 1. The van der Waals surface area contributed by atoms with Gasteiger partial charge in [0, 0.05) is 17.8 Å². The molecule has 3 nitrogen and oxygen atoms in total. The van der Waals surface area contributed by atoms with Crippen LogP contribution < -0.4 is 4.90 Å². The molecule has 1 unspecified atom stereocenters. The van der Waals surface area contributed by atoms with Crippen molar-refractivity contribution >= 4 is 50.7 Å². The van der Waals surface area contributed by atoms with Crippen LogP contribution in [0.2, 0.25) is 10.0 Å². The molecular formula is C11H7BrCl2N2O. The summed E-state index contributed by atoms with van der Waals surface area (Å²) < 4.78 is 0. The summed E-state index contributed by atoms with van der Waals surface area (Å²) in [4.78, 5) is 13.4. The number of hydrogen-bond acceptors (Lipinski definition) is 2. The number of rotatable bonds is 1. The maximum atomic E-state index is 11.8. The summed E-state index contributed by atoms with van der Waals surface area (Å²) in [5.74, 6) is -0.0274. The normalized spacial score (nSPS) is 19.5. The third-order valence-electron chi connectivity index (χ3n) is 2.49. The van der Waals surface area contributed by atoms with E-state index in [1.807, 2.05) is 6.07 Å². The molecule has 1 amide bonds. The van der Waals surface area contributed by atoms with Crippen LogP contribution in [0.4, 0.5) is 5.69 Å². The topological polar surface area (TPSA) is 44.1 Å². The summed E-state index contributed by atoms with van der Waals surface area (Å²) in [5.41, 5.74) is 0.866. The van der Waals surface area contributed by atoms with Crippen LogP contribution >= 0.6 is 39.1 Å². The van der Waals surface area contributed by atoms with Gasteiger partial charge in [0.25, 0.3) is 0 Å². The van der Waals surface area contributed by atoms with Gasteiger partial charge in [0.2, 0.25) is 5.91 Å². The fraction of sp³-hybridized carbons (Fsp3) is 0.273. The minimum absolute atomic E-state index is 0.0274. The molecule has 0 bridgehead atoms. The molecule has 17 heavy (non-hydrogen) atoms. The van der Waals surface area contributed by atoms with E-state index < -0.39 is 0 Å². The first-order valence-electron chi connectivity index (χ1n) is 4.86. The van der Waals surface area contributed by atoms with E-state index in [-0.39, 0.29) is 10.7 Å². The molecule has 1 fully saturated rings. The molecule has 1 heterocycles. The van der Waals surface area contributed by atoms with Gasteiger partial charge < -0.3 is 4.90 Å². The number of halogens is 3. The molecule has 0 N–H and O–H groups in total. The summed E-state index contributed by atoms with van der Waals surface area (Å²) in [5, 5.41) is 9.43. The van der Waals surface area contributed by atoms with E-state index in [0.717, 1.165) is 0 Å². The number of carbonyl (C=O) groups is 1. The van der Waals surface area contributed by atoms with Crippen LogP contribution in [0.1, 0.15) is 12.0 Å². The molecule has 0 aromatic heterocycles. The fourth-order valence-corrected chi connectivity index (χ4v) is 3.03. The van der Waals surface area contributed by atoms with Gasteiger partial charge in [0.1, 0.15) is 0 Å². The first kappa shape index (κ1) is 12.7. The van der Waals surface area contributed by atoms with Crippen molar-refractivity contribution in [2.75, 3.05) is 11.4 Å². The number of hydrogen-bond donors (Lipinski definition) is 0. The van der Waals surface area contributed by atoms with Gasteiger partial charge in [-0.2, -0.15) is 5.26 Å². The van der Waals surface area contributed by atoms with E-state index in [0.29, 0.717) is 34.3 Å². The second-order valence-corrected chi connectivity index (χ2v) is 5.82. The minimum atomic E-state index is -0.0274. The summed E-state index contributed by atoms with van der Waals surface area (Å²) in [7, 11) is 0. The van der Waals surface area contributed by atoms with E-state index in [4.69, 9.17) is 28.5 Å². The zero-order chi connectivity index (χ0) is 12.6. The molecule has 1 aromatic rings. The van der Waals surface area contributed by atoms with Gasteiger partial charge in [-0.3, -0.25) is 4.79 Å². The number of anilines is 1. The highest BCUT2D eigenvalue weighted by atomic mass is 79.9. The molecule has 6 heteroatoms. The average Bonchev–Trinajstić information content (AvgIpc) is 2.57. The van der Waals surface area contributed by atoms with Crippen LogP contribution in [-0.2, 0) is 4.79 Å². The number of benzene rings is 1. The Morgan fingerprint density at radius 1 is 1.41 bits per heavy atom. The highest BCUT2D eigenvalue weighted by Crippen LogP contribution is 2.38. The van der Waals surface area contributed by atoms with Crippen molar-refractivity contribution < 1.29 is 4.79 Å². The van der Waals surface area contributed by atoms with Crippen molar-refractivity contribution in [2.24, 2.45) is 0 Å². The van der Waals surface area contributed by atoms with E-state index in [1.54, 1.807) is 4.90 Å². The monoisotopic (exact) mass is 332 g/mol. The second kappa shape index (κ2) is 4.85. The summed E-state index contributed by atoms with van der Waals surface area (Å²) in [6.07, 6.45) is 0.423. The van der Waals surface area contributed by atoms with Crippen LogP contribution in [0.3, 0.4) is 0 Å². The fourth-order valence-electron chi connectivity index (χ4n) is 1.77. The average molecular weight is 334 g/mol. The predicted molar refractivity (Wildman–Crippen MR) is 70.9 cm³/mol. The van der Waals surface area contributed by atoms with Gasteiger partial charge in [-0.05, 0) is 12.1 Å². The third-order valence-corrected chi connectivity index (χ3v) is 3.68. The molecule has 0 spiro atoms. The van der Waals surface area contributed by atoms with Gasteiger partial charge >= 0.3 is 0 Å². The maximum absolute atomic E-state index is 11.8. The lowest BCUT2D eigenvalue weighted by molar-refractivity contribution is -0.117. The lowest BCUT2D eigenvalue weighted by Gasteiger charge is -2.19. The van der Waals surface area contributed by atoms with Gasteiger partial charge in [0.05, 0.1) is 27.4 Å². The van der Waals surface area contributed by atoms with Crippen molar-refractivity contribution in [2.45, 2.75) is 11.2 Å². The van der Waals surface area contributed by atoms with Gasteiger partial charge in [-0.25, -0.2) is 0 Å². The van der Waals surface area contributed by atoms with Crippen molar-refractivity contribution in [1.82, 2.24) is 0 Å². The Kier molecular flexibility index (Phi) is 3.62. The van der Waals surface area contributed by atoms with Gasteiger partial charge in [-0.15, -0.1) is 0 Å². The molecule has 1 aliphatic heterocycles. The molecule has 1 aromatic carbocycles. The molecule has 1 aliphatic rings. The minimum Gasteiger partial charge on any atom is -0.308 e. The zero-order valence-corrected chi connectivity index (χ0v) is 11.7. The van der Waals surface area contributed by atoms with Crippen molar-refractivity contribution in [3.63, 3.8) is 0 Å². The third kappa shape index (κ3) is 2.42. The number of carbonyl (C=O) groups excluding carboxylic acids is 1. The van der Waals surface area contributed by atoms with Crippen LogP contribution in [0.15, 0.2) is 12.1 Å². The van der Waals surface area contributed by atoms with Crippen LogP contribution in [-0.4, -0.2) is 17.3 Å². The highest BCUT2D eigenvalue weighted by molar-refractivity contribution is 9.09. The van der Waals surface area contributed by atoms with Gasteiger partial charge in [-0.1, -0.05) is 39.1 Å². The summed E-state index contributed by atoms with van der Waals surface area (Å²) in [6, 6.07) is 4.99. The van der Waals surface area contributed by atoms with E-state index >= 15 is 0 Å². The van der Waals surface area contributed by atoms with Crippen LogP contribution in [0.25, 0.3) is 0 Å². The molecule has 0 saturated carbocycles. The maximum Gasteiger partial charge on any atom is 0.228 e. The number of amides is 1. The van der Waals surface area contributed by atoms with Crippen molar-refractivity contribution in [3.8, 4) is 6.07 Å². The molecular weight excluding hydrogens is 327 g/mol. The van der Waals surface area contributed by atoms with Crippen LogP contribution in [0, 0.1) is 11.3 Å². The summed E-state index contributed by atoms with van der Waals surface area (Å²) >= 11 is 15.5. The number of alkyl halides is 1. The number of nitrogens with zero attached hydrogens (tertiary/aromatic N) is 2. The molecule has 88 valence electrons. The molecule has 0 radical (unpaired) electrons. The Morgan fingerprint density at radius 2 is 2.00 bits per heavy atom. The Morgan fingerprint density at radius 3 is 2.41 bits per heavy atom. The standard InChI is InChI=1S/C11H7BrCl2N2O/c12-7-3-10(17)16(5-7)11-8(13)1-6(4-15)2-9(11)14/h1-2,7H,3,5H2. The predicted octanol–water partition coefficient (Wildman–Crippen LogP) is 3.37. The Hall–Kier alpha value is -0.760. The van der Waals surface area contributed by atoms with E-state index in [1.165, 1.54) is 12.1 Å². The Bertz CT molecular complexity index is 504. The van der Waals surface area contributed by atoms with Crippen LogP contribution in [0.5, 0.6) is 0 Å². The lowest BCUT2D eigenvalue weighted by atomic mass is 10.2. The smallest absolute Gasteiger partial charge is 0.228 e. The largest absolute Gasteiger partial charge is 0.308 e. The first-order valence-corrected chi connectivity index (χ1v) is 6.53. The SMILES string of the molecule is N#Cc1cc(Cl)c(N2CC(Br)CC2=O)c(Cl)c1. The lowest BCUT2D eigenvalue weighted by Crippen LogP contribution is -2.25. The quantitative estimate of drug-likeness (QED) is 0.739. The van der Waals surface area contributed by atoms with E-state index in [2.05, 4.69) is 15.9 Å². The summed E-state index contributed by atoms with van der Waals surface area (Å²) in [6.45, 7) is 0.532. The highest BCUT2D eigenvalue weighted by Gasteiger charge is 2.31. The Balaban J connectivity index is 2.47. The second-order valence-electron chi connectivity index (χ2n) is 3.71. The first-order chi connectivity index (χ1) is 8.02. The molecule has 0 aliphatic carbocycles. The molecule has 2 rings (SSSR count). The molecule has 1 saturated heterocycles. The van der Waals surface area contributed by atoms with Crippen molar-refractivity contribution in [3.05, 3.63) is 27.7 Å². The zero-order valence-electron chi connectivity index (χ0n) is 8.58. The Labute approximate surface area is 117 Å². The van der Waals surface area contributed by atoms with Gasteiger partial charge in [0.15, 0.2) is 0 Å². The van der Waals surface area contributed by atoms with Crippen molar-refractivity contribution in [1.29, 1.82) is 5.26 Å². The molecule has 1 atom stereocenters.